The highest BCUT2D eigenvalue weighted by molar-refractivity contribution is 5.74. The largest absolute Gasteiger partial charge is 0.382 e. The van der Waals surface area contributed by atoms with Crippen LogP contribution in [0.3, 0.4) is 0 Å². The summed E-state index contributed by atoms with van der Waals surface area (Å²) in [4.78, 5) is 20.4. The Morgan fingerprint density at radius 2 is 2.04 bits per heavy atom. The van der Waals surface area contributed by atoms with Crippen LogP contribution in [0.15, 0.2) is 41.8 Å². The van der Waals surface area contributed by atoms with Gasteiger partial charge in [-0.25, -0.2) is 18.4 Å². The Hall–Kier alpha value is -2.68. The van der Waals surface area contributed by atoms with E-state index in [0.29, 0.717) is 11.3 Å². The first-order valence-corrected chi connectivity index (χ1v) is 6.74. The average Bonchev–Trinajstić information content (AvgIpc) is 2.95. The van der Waals surface area contributed by atoms with Crippen LogP contribution in [0.25, 0.3) is 16.7 Å². The zero-order chi connectivity index (χ0) is 16.6. The minimum Gasteiger partial charge on any atom is -0.382 e. The number of hydrogen-bond donors (Lipinski definition) is 1. The van der Waals surface area contributed by atoms with Crippen LogP contribution < -0.4 is 5.56 Å². The van der Waals surface area contributed by atoms with E-state index in [4.69, 9.17) is 0 Å². The molecule has 7 nitrogen and oxygen atoms in total. The molecule has 120 valence electrons. The number of alkyl halides is 2. The molecule has 9 heteroatoms. The van der Waals surface area contributed by atoms with Crippen molar-refractivity contribution in [2.45, 2.75) is 25.5 Å². The Labute approximate surface area is 128 Å². The molecule has 0 bridgehead atoms. The van der Waals surface area contributed by atoms with Gasteiger partial charge in [-0.15, -0.1) is 0 Å². The highest BCUT2D eigenvalue weighted by atomic mass is 19.3. The van der Waals surface area contributed by atoms with E-state index in [0.717, 1.165) is 17.8 Å². The fourth-order valence-corrected chi connectivity index (χ4v) is 2.15. The van der Waals surface area contributed by atoms with Crippen molar-refractivity contribution in [3.63, 3.8) is 0 Å². The summed E-state index contributed by atoms with van der Waals surface area (Å²) < 4.78 is 27.9. The van der Waals surface area contributed by atoms with E-state index in [1.807, 2.05) is 0 Å². The SMILES string of the molecule is CC(O)(Cn1cnc2c(cnn2-c2ccncc2)c1=O)C(F)F. The minimum atomic E-state index is -2.98. The molecule has 3 rings (SSSR count). The molecule has 0 spiro atoms. The fraction of sp³-hybridized carbons (Fsp3) is 0.286. The standard InChI is InChI=1S/C14H13F2N5O2/c1-14(23,13(15)16)7-20-8-18-11-10(12(20)22)6-19-21(11)9-2-4-17-5-3-9/h2-6,8,13,23H,7H2,1H3. The van der Waals surface area contributed by atoms with E-state index in [9.17, 15) is 18.7 Å². The smallest absolute Gasteiger partial charge is 0.268 e. The number of hydrogen-bond acceptors (Lipinski definition) is 5. The van der Waals surface area contributed by atoms with Crippen molar-refractivity contribution in [3.8, 4) is 5.69 Å². The summed E-state index contributed by atoms with van der Waals surface area (Å²) in [6.45, 7) is 0.404. The van der Waals surface area contributed by atoms with Crippen LogP contribution in [0.4, 0.5) is 8.78 Å². The Bertz CT molecular complexity index is 889. The van der Waals surface area contributed by atoms with Gasteiger partial charge in [0.05, 0.1) is 18.4 Å². The molecule has 0 radical (unpaired) electrons. The molecule has 0 fully saturated rings. The maximum atomic E-state index is 12.8. The van der Waals surface area contributed by atoms with E-state index in [1.54, 1.807) is 24.5 Å². The lowest BCUT2D eigenvalue weighted by atomic mass is 10.1. The van der Waals surface area contributed by atoms with Crippen LogP contribution >= 0.6 is 0 Å². The van der Waals surface area contributed by atoms with Gasteiger partial charge in [-0.2, -0.15) is 5.10 Å². The molecule has 1 unspecified atom stereocenters. The van der Waals surface area contributed by atoms with E-state index < -0.39 is 24.1 Å². The minimum absolute atomic E-state index is 0.175. The molecule has 3 aromatic heterocycles. The van der Waals surface area contributed by atoms with E-state index in [-0.39, 0.29) is 5.39 Å². The molecule has 0 aromatic carbocycles. The predicted octanol–water partition coefficient (Wildman–Crippen LogP) is 0.993. The molecule has 23 heavy (non-hydrogen) atoms. The molecule has 1 N–H and O–H groups in total. The zero-order valence-electron chi connectivity index (χ0n) is 12.1. The van der Waals surface area contributed by atoms with Gasteiger partial charge < -0.3 is 5.11 Å². The number of halogens is 2. The van der Waals surface area contributed by atoms with Crippen molar-refractivity contribution in [3.05, 3.63) is 47.4 Å². The maximum Gasteiger partial charge on any atom is 0.268 e. The number of aliphatic hydroxyl groups is 1. The first kappa shape index (κ1) is 15.2. The molecule has 3 heterocycles. The summed E-state index contributed by atoms with van der Waals surface area (Å²) >= 11 is 0. The first-order valence-electron chi connectivity index (χ1n) is 6.74. The lowest BCUT2D eigenvalue weighted by molar-refractivity contribution is -0.0932. The molecular formula is C14H13F2N5O2. The third kappa shape index (κ3) is 2.70. The third-order valence-corrected chi connectivity index (χ3v) is 3.42. The van der Waals surface area contributed by atoms with Crippen LogP contribution in [0.2, 0.25) is 0 Å². The molecular weight excluding hydrogens is 308 g/mol. The second-order valence-electron chi connectivity index (χ2n) is 5.33. The molecule has 0 aliphatic rings. The third-order valence-electron chi connectivity index (χ3n) is 3.42. The van der Waals surface area contributed by atoms with Crippen LogP contribution in [0.5, 0.6) is 0 Å². The summed E-state index contributed by atoms with van der Waals surface area (Å²) in [5.41, 5.74) is -1.90. The van der Waals surface area contributed by atoms with Crippen LogP contribution in [0.1, 0.15) is 6.92 Å². The van der Waals surface area contributed by atoms with Crippen molar-refractivity contribution >= 4 is 11.0 Å². The van der Waals surface area contributed by atoms with Gasteiger partial charge in [-0.1, -0.05) is 0 Å². The normalized spacial score (nSPS) is 14.3. The van der Waals surface area contributed by atoms with Gasteiger partial charge in [-0.3, -0.25) is 14.3 Å². The van der Waals surface area contributed by atoms with Gasteiger partial charge in [0.1, 0.15) is 17.3 Å². The number of fused-ring (bicyclic) bond motifs is 1. The summed E-state index contributed by atoms with van der Waals surface area (Å²) in [5.74, 6) is 0. The van der Waals surface area contributed by atoms with Crippen LogP contribution in [-0.4, -0.2) is 41.4 Å². The van der Waals surface area contributed by atoms with Crippen molar-refractivity contribution in [1.29, 1.82) is 0 Å². The molecule has 3 aromatic rings. The van der Waals surface area contributed by atoms with E-state index in [2.05, 4.69) is 15.1 Å². The summed E-state index contributed by atoms with van der Waals surface area (Å²) in [7, 11) is 0. The van der Waals surface area contributed by atoms with Gasteiger partial charge in [0.25, 0.3) is 12.0 Å². The zero-order valence-corrected chi connectivity index (χ0v) is 12.1. The average molecular weight is 321 g/mol. The summed E-state index contributed by atoms with van der Waals surface area (Å²) in [5, 5.41) is 13.9. The Balaban J connectivity index is 2.07. The second kappa shape index (κ2) is 5.51. The van der Waals surface area contributed by atoms with Crippen molar-refractivity contribution in [1.82, 2.24) is 24.3 Å². The van der Waals surface area contributed by atoms with Crippen LogP contribution in [0, 0.1) is 0 Å². The van der Waals surface area contributed by atoms with Gasteiger partial charge >= 0.3 is 0 Å². The number of aromatic nitrogens is 5. The predicted molar refractivity (Wildman–Crippen MR) is 77.5 cm³/mol. The Morgan fingerprint density at radius 3 is 2.70 bits per heavy atom. The quantitative estimate of drug-likeness (QED) is 0.774. The molecule has 1 atom stereocenters. The molecule has 0 saturated heterocycles. The highest BCUT2D eigenvalue weighted by Crippen LogP contribution is 2.17. The maximum absolute atomic E-state index is 12.8. The Kier molecular flexibility index (Phi) is 3.64. The van der Waals surface area contributed by atoms with Gasteiger partial charge in [0.2, 0.25) is 0 Å². The molecule has 0 saturated carbocycles. The molecule has 0 aliphatic heterocycles. The fourth-order valence-electron chi connectivity index (χ4n) is 2.15. The lowest BCUT2D eigenvalue weighted by Gasteiger charge is -2.22. The number of nitrogens with zero attached hydrogens (tertiary/aromatic N) is 5. The first-order chi connectivity index (χ1) is 10.9. The van der Waals surface area contributed by atoms with Gasteiger partial charge in [-0.05, 0) is 19.1 Å². The number of rotatable bonds is 4. The van der Waals surface area contributed by atoms with Crippen molar-refractivity contribution in [2.24, 2.45) is 0 Å². The summed E-state index contributed by atoms with van der Waals surface area (Å²) in [6.07, 6.45) is 2.61. The van der Waals surface area contributed by atoms with Crippen molar-refractivity contribution < 1.29 is 13.9 Å². The second-order valence-corrected chi connectivity index (χ2v) is 5.33. The number of pyridine rings is 1. The van der Waals surface area contributed by atoms with Crippen molar-refractivity contribution in [2.75, 3.05) is 0 Å². The highest BCUT2D eigenvalue weighted by Gasteiger charge is 2.33. The van der Waals surface area contributed by atoms with Crippen LogP contribution in [-0.2, 0) is 6.54 Å². The summed E-state index contributed by atoms with van der Waals surface area (Å²) in [6, 6.07) is 3.39. The Morgan fingerprint density at radius 1 is 1.35 bits per heavy atom. The molecule has 0 aliphatic carbocycles. The van der Waals surface area contributed by atoms with Gasteiger partial charge in [0, 0.05) is 12.4 Å². The van der Waals surface area contributed by atoms with E-state index >= 15 is 0 Å². The topological polar surface area (TPSA) is 85.8 Å². The molecule has 0 amide bonds. The monoisotopic (exact) mass is 321 g/mol. The lowest BCUT2D eigenvalue weighted by Crippen LogP contribution is -2.41. The van der Waals surface area contributed by atoms with Gasteiger partial charge in [0.15, 0.2) is 5.65 Å². The van der Waals surface area contributed by atoms with E-state index in [1.165, 1.54) is 10.9 Å².